The largest absolute Gasteiger partial charge is 0.351 e. The second-order valence-electron chi connectivity index (χ2n) is 7.78. The summed E-state index contributed by atoms with van der Waals surface area (Å²) in [7, 11) is -1.48. The van der Waals surface area contributed by atoms with Gasteiger partial charge in [0.2, 0.25) is 10.0 Å². The van der Waals surface area contributed by atoms with Gasteiger partial charge in [0.05, 0.1) is 15.5 Å². The molecule has 1 N–H and O–H groups in total. The minimum atomic E-state index is -3.57. The summed E-state index contributed by atoms with van der Waals surface area (Å²) in [5, 5.41) is 3.15. The number of amides is 1. The molecule has 1 amide bonds. The lowest BCUT2D eigenvalue weighted by Gasteiger charge is -2.31. The van der Waals surface area contributed by atoms with Gasteiger partial charge in [-0.05, 0) is 50.9 Å². The highest BCUT2D eigenvalue weighted by Crippen LogP contribution is 2.25. The second kappa shape index (κ2) is 9.57. The number of sulfonamides is 1. The zero-order valence-corrected chi connectivity index (χ0v) is 18.1. The molecule has 3 rings (SSSR count). The molecule has 0 bridgehead atoms. The van der Waals surface area contributed by atoms with E-state index < -0.39 is 10.0 Å². The van der Waals surface area contributed by atoms with E-state index in [1.165, 1.54) is 54.6 Å². The summed E-state index contributed by atoms with van der Waals surface area (Å²) in [5.41, 5.74) is 0.210. The van der Waals surface area contributed by atoms with Crippen molar-refractivity contribution in [2.75, 3.05) is 33.2 Å². The average Bonchev–Trinajstić information content (AvgIpc) is 3.24. The van der Waals surface area contributed by atoms with E-state index in [0.29, 0.717) is 25.7 Å². The SMILES string of the molecule is CN(CCNC(=O)c1cc(S(=O)(=O)N2CCCC2)ccc1Cl)C1CCCCC1. The van der Waals surface area contributed by atoms with Crippen LogP contribution in [0.2, 0.25) is 5.02 Å². The van der Waals surface area contributed by atoms with Gasteiger partial charge in [-0.3, -0.25) is 4.79 Å². The van der Waals surface area contributed by atoms with E-state index >= 15 is 0 Å². The van der Waals surface area contributed by atoms with Crippen molar-refractivity contribution in [2.45, 2.75) is 55.9 Å². The van der Waals surface area contributed by atoms with Crippen molar-refractivity contribution in [2.24, 2.45) is 0 Å². The first-order valence-electron chi connectivity index (χ1n) is 10.2. The first-order valence-corrected chi connectivity index (χ1v) is 12.0. The van der Waals surface area contributed by atoms with Crippen LogP contribution in [0.5, 0.6) is 0 Å². The average molecular weight is 428 g/mol. The third kappa shape index (κ3) is 5.06. The van der Waals surface area contributed by atoms with Crippen LogP contribution in [-0.4, -0.2) is 62.8 Å². The van der Waals surface area contributed by atoms with E-state index in [1.807, 2.05) is 0 Å². The number of nitrogens with zero attached hydrogens (tertiary/aromatic N) is 2. The van der Waals surface area contributed by atoms with Crippen LogP contribution >= 0.6 is 11.6 Å². The first kappa shape index (κ1) is 21.6. The van der Waals surface area contributed by atoms with Crippen LogP contribution < -0.4 is 5.32 Å². The van der Waals surface area contributed by atoms with Gasteiger partial charge in [-0.1, -0.05) is 30.9 Å². The van der Waals surface area contributed by atoms with Gasteiger partial charge >= 0.3 is 0 Å². The lowest BCUT2D eigenvalue weighted by molar-refractivity contribution is 0.0944. The molecule has 2 aliphatic rings. The van der Waals surface area contributed by atoms with Crippen molar-refractivity contribution in [3.05, 3.63) is 28.8 Å². The monoisotopic (exact) mass is 427 g/mol. The molecule has 1 aliphatic carbocycles. The zero-order valence-electron chi connectivity index (χ0n) is 16.5. The summed E-state index contributed by atoms with van der Waals surface area (Å²) in [5.74, 6) is -0.333. The third-order valence-electron chi connectivity index (χ3n) is 5.83. The van der Waals surface area contributed by atoms with E-state index in [1.54, 1.807) is 0 Å². The van der Waals surface area contributed by atoms with Gasteiger partial charge in [0, 0.05) is 32.2 Å². The topological polar surface area (TPSA) is 69.7 Å². The van der Waals surface area contributed by atoms with E-state index in [9.17, 15) is 13.2 Å². The van der Waals surface area contributed by atoms with Crippen LogP contribution in [0.25, 0.3) is 0 Å². The van der Waals surface area contributed by atoms with E-state index in [2.05, 4.69) is 17.3 Å². The normalized spacial score (nSPS) is 19.2. The van der Waals surface area contributed by atoms with Crippen molar-refractivity contribution in [3.8, 4) is 0 Å². The number of carbonyl (C=O) groups is 1. The van der Waals surface area contributed by atoms with Crippen LogP contribution in [0.1, 0.15) is 55.3 Å². The fourth-order valence-electron chi connectivity index (χ4n) is 4.06. The molecule has 1 aliphatic heterocycles. The van der Waals surface area contributed by atoms with E-state index in [-0.39, 0.29) is 21.4 Å². The second-order valence-corrected chi connectivity index (χ2v) is 10.1. The number of nitrogens with one attached hydrogen (secondary N) is 1. The molecule has 0 unspecified atom stereocenters. The molecule has 0 atom stereocenters. The maximum Gasteiger partial charge on any atom is 0.252 e. The molecule has 1 saturated carbocycles. The Morgan fingerprint density at radius 1 is 1.18 bits per heavy atom. The van der Waals surface area contributed by atoms with Gasteiger partial charge in [-0.15, -0.1) is 0 Å². The lowest BCUT2D eigenvalue weighted by Crippen LogP contribution is -2.39. The number of hydrogen-bond acceptors (Lipinski definition) is 4. The molecule has 1 heterocycles. The highest BCUT2D eigenvalue weighted by Gasteiger charge is 2.28. The number of benzene rings is 1. The van der Waals surface area contributed by atoms with Gasteiger partial charge in [0.1, 0.15) is 0 Å². The number of hydrogen-bond donors (Lipinski definition) is 1. The summed E-state index contributed by atoms with van der Waals surface area (Å²) >= 11 is 6.18. The van der Waals surface area contributed by atoms with Gasteiger partial charge < -0.3 is 10.2 Å². The smallest absolute Gasteiger partial charge is 0.252 e. The molecule has 6 nitrogen and oxygen atoms in total. The highest BCUT2D eigenvalue weighted by molar-refractivity contribution is 7.89. The van der Waals surface area contributed by atoms with Crippen LogP contribution in [0.15, 0.2) is 23.1 Å². The summed E-state index contributed by atoms with van der Waals surface area (Å²) in [4.78, 5) is 15.0. The third-order valence-corrected chi connectivity index (χ3v) is 8.06. The highest BCUT2D eigenvalue weighted by atomic mass is 35.5. The number of likely N-dealkylation sites (N-methyl/N-ethyl adjacent to an activating group) is 1. The predicted octanol–water partition coefficient (Wildman–Crippen LogP) is 3.12. The minimum absolute atomic E-state index is 0.128. The molecule has 0 aromatic heterocycles. The first-order chi connectivity index (χ1) is 13.4. The molecule has 1 saturated heterocycles. The molecule has 28 heavy (non-hydrogen) atoms. The molecule has 1 aromatic rings. The van der Waals surface area contributed by atoms with Crippen molar-refractivity contribution in [1.82, 2.24) is 14.5 Å². The molecule has 8 heteroatoms. The number of halogens is 1. The Hall–Kier alpha value is -1.15. The van der Waals surface area contributed by atoms with Crippen LogP contribution in [0, 0.1) is 0 Å². The Balaban J connectivity index is 1.61. The summed E-state index contributed by atoms with van der Waals surface area (Å²) in [6, 6.07) is 4.95. The molecule has 0 spiro atoms. The molecule has 2 fully saturated rings. The fourth-order valence-corrected chi connectivity index (χ4v) is 5.81. The van der Waals surface area contributed by atoms with Crippen LogP contribution in [-0.2, 0) is 10.0 Å². The van der Waals surface area contributed by atoms with Crippen molar-refractivity contribution in [1.29, 1.82) is 0 Å². The van der Waals surface area contributed by atoms with E-state index in [0.717, 1.165) is 19.4 Å². The Kier molecular flexibility index (Phi) is 7.36. The summed E-state index contributed by atoms with van der Waals surface area (Å²) in [6.45, 7) is 2.32. The van der Waals surface area contributed by atoms with Gasteiger partial charge in [-0.25, -0.2) is 8.42 Å². The number of rotatable bonds is 7. The maximum absolute atomic E-state index is 12.7. The fraction of sp³-hybridized carbons (Fsp3) is 0.650. The number of carbonyl (C=O) groups excluding carboxylic acids is 1. The Bertz CT molecular complexity index is 788. The summed E-state index contributed by atoms with van der Waals surface area (Å²) in [6.07, 6.45) is 8.03. The van der Waals surface area contributed by atoms with Gasteiger partial charge in [-0.2, -0.15) is 4.31 Å². The predicted molar refractivity (Wildman–Crippen MR) is 111 cm³/mol. The quantitative estimate of drug-likeness (QED) is 0.725. The van der Waals surface area contributed by atoms with Crippen LogP contribution in [0.3, 0.4) is 0 Å². The van der Waals surface area contributed by atoms with Crippen molar-refractivity contribution >= 4 is 27.5 Å². The van der Waals surface area contributed by atoms with Crippen molar-refractivity contribution in [3.63, 3.8) is 0 Å². The standard InChI is InChI=1S/C20H30ClN3O3S/c1-23(16-7-3-2-4-8-16)14-11-22-20(25)18-15-17(9-10-19(18)21)28(26,27)24-12-5-6-13-24/h9-10,15-16H,2-8,11-14H2,1H3,(H,22,25). The minimum Gasteiger partial charge on any atom is -0.351 e. The van der Waals surface area contributed by atoms with Crippen LogP contribution in [0.4, 0.5) is 0 Å². The summed E-state index contributed by atoms with van der Waals surface area (Å²) < 4.78 is 27.0. The molecule has 0 radical (unpaired) electrons. The molecule has 1 aromatic carbocycles. The maximum atomic E-state index is 12.7. The Morgan fingerprint density at radius 2 is 1.86 bits per heavy atom. The zero-order chi connectivity index (χ0) is 20.1. The molecular weight excluding hydrogens is 398 g/mol. The Morgan fingerprint density at radius 3 is 2.54 bits per heavy atom. The van der Waals surface area contributed by atoms with Gasteiger partial charge in [0.15, 0.2) is 0 Å². The molecular formula is C20H30ClN3O3S. The lowest BCUT2D eigenvalue weighted by atomic mass is 9.94. The van der Waals surface area contributed by atoms with Gasteiger partial charge in [0.25, 0.3) is 5.91 Å². The molecule has 156 valence electrons. The van der Waals surface area contributed by atoms with Crippen molar-refractivity contribution < 1.29 is 13.2 Å². The Labute approximate surface area is 173 Å². The van der Waals surface area contributed by atoms with E-state index in [4.69, 9.17) is 11.6 Å².